The molecule has 0 aliphatic rings. The third-order valence-electron chi connectivity index (χ3n) is 4.30. The Morgan fingerprint density at radius 3 is 1.04 bits per heavy atom. The van der Waals surface area contributed by atoms with Gasteiger partial charge in [0, 0.05) is 12.8 Å². The molecule has 0 unspecified atom stereocenters. The number of hydrogen-bond acceptors (Lipinski definition) is 2. The fourth-order valence-electron chi connectivity index (χ4n) is 2.87. The van der Waals surface area contributed by atoms with Crippen molar-refractivity contribution in [2.24, 2.45) is 0 Å². The van der Waals surface area contributed by atoms with Gasteiger partial charge in [-0.05, 0) is 13.3 Å². The van der Waals surface area contributed by atoms with Crippen molar-refractivity contribution < 1.29 is 19.5 Å². The fourth-order valence-corrected chi connectivity index (χ4v) is 3.50. The molecule has 0 amide bonds. The van der Waals surface area contributed by atoms with Gasteiger partial charge in [-0.15, -0.1) is 0 Å². The highest BCUT2D eigenvalue weighted by molar-refractivity contribution is 7.51. The molecule has 0 saturated heterocycles. The van der Waals surface area contributed by atoms with Gasteiger partial charge in [-0.1, -0.05) is 103 Å². The van der Waals surface area contributed by atoms with Crippen molar-refractivity contribution in [3.8, 4) is 0 Å². The lowest BCUT2D eigenvalue weighted by atomic mass is 10.0. The first-order chi connectivity index (χ1) is 12.0. The minimum Gasteiger partial charge on any atom is -0.397 e. The molecular weight excluding hydrogens is 335 g/mol. The summed E-state index contributed by atoms with van der Waals surface area (Å²) in [6.45, 7) is 4.20. The number of aliphatic hydroxyl groups excluding tert-OH is 1. The molecule has 0 rings (SSSR count). The minimum atomic E-state index is -3.75. The Morgan fingerprint density at radius 2 is 0.800 bits per heavy atom. The van der Waals surface area contributed by atoms with E-state index in [1.165, 1.54) is 83.5 Å². The molecule has 0 fully saturated rings. The van der Waals surface area contributed by atoms with Gasteiger partial charge in [0.25, 0.3) is 0 Å². The molecule has 0 aliphatic carbocycles. The van der Waals surface area contributed by atoms with E-state index in [4.69, 9.17) is 14.9 Å². The topological polar surface area (TPSA) is 77.8 Å². The van der Waals surface area contributed by atoms with E-state index in [0.29, 0.717) is 6.42 Å². The molecule has 0 aromatic heterocycles. The molecule has 154 valence electrons. The van der Waals surface area contributed by atoms with E-state index in [1.807, 2.05) is 0 Å². The van der Waals surface area contributed by atoms with E-state index in [0.717, 1.165) is 12.8 Å². The van der Waals surface area contributed by atoms with Crippen LogP contribution in [0.2, 0.25) is 0 Å². The zero-order valence-corrected chi connectivity index (χ0v) is 17.8. The van der Waals surface area contributed by atoms with Gasteiger partial charge in [0.15, 0.2) is 0 Å². The lowest BCUT2D eigenvalue weighted by Crippen LogP contribution is -1.88. The second-order valence-electron chi connectivity index (χ2n) is 7.01. The van der Waals surface area contributed by atoms with Crippen molar-refractivity contribution in [2.45, 2.75) is 117 Å². The Labute approximate surface area is 157 Å². The van der Waals surface area contributed by atoms with Gasteiger partial charge < -0.3 is 14.9 Å². The zero-order chi connectivity index (χ0) is 19.2. The minimum absolute atomic E-state index is 0.0610. The summed E-state index contributed by atoms with van der Waals surface area (Å²) in [6, 6.07) is 0. The normalized spacial score (nSPS) is 11.2. The maximum atomic E-state index is 10.7. The number of rotatable bonds is 17. The van der Waals surface area contributed by atoms with Gasteiger partial charge >= 0.3 is 7.60 Å². The second kappa shape index (κ2) is 22.2. The summed E-state index contributed by atoms with van der Waals surface area (Å²) in [5.41, 5.74) is 0. The first-order valence-corrected chi connectivity index (χ1v) is 12.4. The Bertz CT molecular complexity index is 279. The SMILES string of the molecule is CCCCCCCCCCCCCCCCCCP(=O)(O)O.CCO. The summed E-state index contributed by atoms with van der Waals surface area (Å²) in [7, 11) is -3.75. The van der Waals surface area contributed by atoms with Gasteiger partial charge in [0.05, 0.1) is 0 Å². The van der Waals surface area contributed by atoms with Crippen LogP contribution in [0.1, 0.15) is 117 Å². The van der Waals surface area contributed by atoms with E-state index in [1.54, 1.807) is 6.92 Å². The van der Waals surface area contributed by atoms with Gasteiger partial charge in [0.2, 0.25) is 0 Å². The highest BCUT2D eigenvalue weighted by Crippen LogP contribution is 2.35. The highest BCUT2D eigenvalue weighted by Gasteiger charge is 2.10. The molecule has 25 heavy (non-hydrogen) atoms. The molecule has 4 nitrogen and oxygen atoms in total. The van der Waals surface area contributed by atoms with E-state index in [9.17, 15) is 4.57 Å². The Morgan fingerprint density at radius 1 is 0.560 bits per heavy atom. The molecule has 0 aromatic rings. The molecule has 0 aliphatic heterocycles. The number of hydrogen-bond donors (Lipinski definition) is 3. The lowest BCUT2D eigenvalue weighted by Gasteiger charge is -2.04. The van der Waals surface area contributed by atoms with Crippen molar-refractivity contribution >= 4 is 7.60 Å². The van der Waals surface area contributed by atoms with Gasteiger partial charge in [-0.25, -0.2) is 0 Å². The molecule has 0 saturated carbocycles. The molecular formula is C20H45O4P. The van der Waals surface area contributed by atoms with Crippen LogP contribution in [0, 0.1) is 0 Å². The third kappa shape index (κ3) is 32.3. The van der Waals surface area contributed by atoms with Gasteiger partial charge in [-0.2, -0.15) is 0 Å². The first-order valence-electron chi connectivity index (χ1n) is 10.6. The molecule has 0 bridgehead atoms. The molecule has 3 N–H and O–H groups in total. The Kier molecular flexibility index (Phi) is 24.2. The molecule has 0 atom stereocenters. The molecule has 5 heteroatoms. The van der Waals surface area contributed by atoms with E-state index in [-0.39, 0.29) is 12.8 Å². The first kappa shape index (κ1) is 27.3. The standard InChI is InChI=1S/C18H39O3P.C2H6O/c1-2-3-4-5-6-7-8-9-10-11-12-13-14-15-16-17-18-22(19,20)21;1-2-3/h2-18H2,1H3,(H2,19,20,21);3H,2H2,1H3. The van der Waals surface area contributed by atoms with Crippen LogP contribution in [-0.4, -0.2) is 27.7 Å². The van der Waals surface area contributed by atoms with Crippen LogP contribution >= 0.6 is 7.60 Å². The third-order valence-corrected chi connectivity index (χ3v) is 5.20. The predicted octanol–water partition coefficient (Wildman–Crippen LogP) is 6.42. The van der Waals surface area contributed by atoms with Crippen molar-refractivity contribution in [1.82, 2.24) is 0 Å². The quantitative estimate of drug-likeness (QED) is 0.201. The summed E-state index contributed by atoms with van der Waals surface area (Å²) in [6.07, 6.45) is 20.6. The Hall–Kier alpha value is 0.110. The maximum absolute atomic E-state index is 10.7. The number of unbranched alkanes of at least 4 members (excludes halogenated alkanes) is 15. The van der Waals surface area contributed by atoms with E-state index < -0.39 is 7.60 Å². The highest BCUT2D eigenvalue weighted by atomic mass is 31.2. The number of aliphatic hydroxyl groups is 1. The molecule has 0 heterocycles. The molecule has 0 spiro atoms. The summed E-state index contributed by atoms with van der Waals surface area (Å²) in [5.74, 6) is 0. The van der Waals surface area contributed by atoms with Crippen molar-refractivity contribution in [2.75, 3.05) is 12.8 Å². The second-order valence-corrected chi connectivity index (χ2v) is 8.78. The van der Waals surface area contributed by atoms with Crippen LogP contribution in [0.4, 0.5) is 0 Å². The van der Waals surface area contributed by atoms with Crippen molar-refractivity contribution in [3.63, 3.8) is 0 Å². The van der Waals surface area contributed by atoms with Crippen LogP contribution in [0.5, 0.6) is 0 Å². The van der Waals surface area contributed by atoms with Crippen LogP contribution in [-0.2, 0) is 4.57 Å². The zero-order valence-electron chi connectivity index (χ0n) is 16.9. The van der Waals surface area contributed by atoms with E-state index >= 15 is 0 Å². The summed E-state index contributed by atoms with van der Waals surface area (Å²) < 4.78 is 10.7. The summed E-state index contributed by atoms with van der Waals surface area (Å²) >= 11 is 0. The van der Waals surface area contributed by atoms with Crippen molar-refractivity contribution in [3.05, 3.63) is 0 Å². The monoisotopic (exact) mass is 380 g/mol. The van der Waals surface area contributed by atoms with Gasteiger partial charge in [-0.3, -0.25) is 4.57 Å². The van der Waals surface area contributed by atoms with Crippen molar-refractivity contribution in [1.29, 1.82) is 0 Å². The smallest absolute Gasteiger partial charge is 0.325 e. The van der Waals surface area contributed by atoms with Crippen LogP contribution in [0.25, 0.3) is 0 Å². The molecule has 0 aromatic carbocycles. The van der Waals surface area contributed by atoms with Crippen LogP contribution in [0.15, 0.2) is 0 Å². The van der Waals surface area contributed by atoms with Crippen LogP contribution < -0.4 is 0 Å². The van der Waals surface area contributed by atoms with Crippen LogP contribution in [0.3, 0.4) is 0 Å². The summed E-state index contributed by atoms with van der Waals surface area (Å²) in [4.78, 5) is 17.5. The average Bonchev–Trinajstić information content (AvgIpc) is 2.54. The van der Waals surface area contributed by atoms with E-state index in [2.05, 4.69) is 6.92 Å². The lowest BCUT2D eigenvalue weighted by molar-refractivity contribution is 0.318. The largest absolute Gasteiger partial charge is 0.397 e. The summed E-state index contributed by atoms with van der Waals surface area (Å²) in [5, 5.41) is 7.57. The van der Waals surface area contributed by atoms with Gasteiger partial charge in [0.1, 0.15) is 0 Å². The molecule has 0 radical (unpaired) electrons. The fraction of sp³-hybridized carbons (Fsp3) is 1.00. The maximum Gasteiger partial charge on any atom is 0.325 e. The Balaban J connectivity index is 0. The average molecular weight is 381 g/mol. The predicted molar refractivity (Wildman–Crippen MR) is 109 cm³/mol.